The second-order valence-corrected chi connectivity index (χ2v) is 8.68. The predicted molar refractivity (Wildman–Crippen MR) is 140 cm³/mol. The van der Waals surface area contributed by atoms with Crippen LogP contribution in [-0.2, 0) is 29.7 Å². The van der Waals surface area contributed by atoms with E-state index >= 15 is 0 Å². The van der Waals surface area contributed by atoms with Crippen LogP contribution in [0.3, 0.4) is 0 Å². The van der Waals surface area contributed by atoms with Crippen LogP contribution in [0.5, 0.6) is 11.8 Å². The molecule has 0 saturated heterocycles. The molecule has 5 aromatic rings. The number of pyridine rings is 1. The first-order chi connectivity index (χ1) is 18.2. The molecule has 0 unspecified atom stereocenters. The van der Waals surface area contributed by atoms with Crippen molar-refractivity contribution in [3.63, 3.8) is 0 Å². The van der Waals surface area contributed by atoms with Crippen LogP contribution in [0.2, 0.25) is 0 Å². The summed E-state index contributed by atoms with van der Waals surface area (Å²) in [5, 5.41) is 5.80. The van der Waals surface area contributed by atoms with E-state index in [1.807, 2.05) is 103 Å². The van der Waals surface area contributed by atoms with Crippen molar-refractivity contribution in [3.8, 4) is 23.0 Å². The number of nitrogens with zero attached hydrogens (tertiary/aromatic N) is 3. The molecule has 37 heavy (non-hydrogen) atoms. The Morgan fingerprint density at radius 1 is 0.784 bits per heavy atom. The summed E-state index contributed by atoms with van der Waals surface area (Å²) in [5.74, 6) is 0.950. The Labute approximate surface area is 214 Å². The van der Waals surface area contributed by atoms with Gasteiger partial charge in [0.1, 0.15) is 31.4 Å². The third kappa shape index (κ3) is 4.84. The van der Waals surface area contributed by atoms with Gasteiger partial charge in [-0.25, -0.2) is 0 Å². The quantitative estimate of drug-likeness (QED) is 0.253. The maximum absolute atomic E-state index is 6.24. The smallest absolute Gasteiger partial charge is 0.266 e. The molecular weight excluding hydrogens is 466 g/mol. The number of benzene rings is 3. The standard InChI is InChI=1S/C30H25N3O4/c1-33-26-18-23(30-34-16-17-35-30)12-13-24(26)28(32-33)25-14-15-27(36-19-21-8-4-2-5-9-21)31-29(25)37-20-22-10-6-3-7-11-22/h2-18,30H,19-20H2,1H3. The second-order valence-electron chi connectivity index (χ2n) is 8.68. The van der Waals surface area contributed by atoms with Crippen molar-refractivity contribution < 1.29 is 18.9 Å². The molecule has 0 amide bonds. The fourth-order valence-electron chi connectivity index (χ4n) is 4.27. The molecule has 0 radical (unpaired) electrons. The molecule has 3 aromatic carbocycles. The highest BCUT2D eigenvalue weighted by Crippen LogP contribution is 2.36. The van der Waals surface area contributed by atoms with Gasteiger partial charge in [-0.2, -0.15) is 10.1 Å². The number of fused-ring (bicyclic) bond motifs is 1. The van der Waals surface area contributed by atoms with Crippen molar-refractivity contribution in [2.45, 2.75) is 19.5 Å². The average Bonchev–Trinajstić information content (AvgIpc) is 3.60. The van der Waals surface area contributed by atoms with E-state index in [1.165, 1.54) is 0 Å². The molecule has 2 aromatic heterocycles. The summed E-state index contributed by atoms with van der Waals surface area (Å²) < 4.78 is 25.1. The Morgan fingerprint density at radius 2 is 1.46 bits per heavy atom. The van der Waals surface area contributed by atoms with Gasteiger partial charge >= 0.3 is 0 Å². The van der Waals surface area contributed by atoms with Crippen molar-refractivity contribution in [3.05, 3.63) is 120 Å². The number of ether oxygens (including phenoxy) is 4. The maximum Gasteiger partial charge on any atom is 0.266 e. The summed E-state index contributed by atoms with van der Waals surface area (Å²) in [4.78, 5) is 4.73. The van der Waals surface area contributed by atoms with E-state index in [-0.39, 0.29) is 0 Å². The molecule has 1 aliphatic heterocycles. The van der Waals surface area contributed by atoms with Crippen LogP contribution in [0.1, 0.15) is 23.0 Å². The Bertz CT molecular complexity index is 1540. The lowest BCUT2D eigenvalue weighted by atomic mass is 10.1. The van der Waals surface area contributed by atoms with E-state index in [1.54, 1.807) is 12.5 Å². The minimum Gasteiger partial charge on any atom is -0.473 e. The molecule has 1 aliphatic rings. The fourth-order valence-corrected chi connectivity index (χ4v) is 4.27. The Hall–Kier alpha value is -4.78. The Morgan fingerprint density at radius 3 is 2.16 bits per heavy atom. The molecule has 0 aliphatic carbocycles. The van der Waals surface area contributed by atoms with Gasteiger partial charge in [0.15, 0.2) is 0 Å². The third-order valence-electron chi connectivity index (χ3n) is 6.15. The largest absolute Gasteiger partial charge is 0.473 e. The molecule has 0 bridgehead atoms. The highest BCUT2D eigenvalue weighted by atomic mass is 16.7. The van der Waals surface area contributed by atoms with Crippen LogP contribution in [0, 0.1) is 0 Å². The molecule has 0 fully saturated rings. The first-order valence-corrected chi connectivity index (χ1v) is 12.0. The SMILES string of the molecule is Cn1nc(-c2ccc(OCc3ccccc3)nc2OCc2ccccc2)c2ccc(C3OC=CO3)cc21. The minimum absolute atomic E-state index is 0.376. The molecule has 0 atom stereocenters. The van der Waals surface area contributed by atoms with Gasteiger partial charge in [0.25, 0.3) is 6.29 Å². The molecule has 7 heteroatoms. The van der Waals surface area contributed by atoms with Gasteiger partial charge in [-0.05, 0) is 23.3 Å². The van der Waals surface area contributed by atoms with Gasteiger partial charge < -0.3 is 18.9 Å². The predicted octanol–water partition coefficient (Wildman–Crippen LogP) is 6.31. The molecule has 0 spiro atoms. The number of rotatable bonds is 8. The first kappa shape index (κ1) is 22.7. The summed E-state index contributed by atoms with van der Waals surface area (Å²) in [5.41, 5.74) is 5.54. The normalized spacial score (nSPS) is 12.9. The zero-order chi connectivity index (χ0) is 25.0. The molecule has 3 heterocycles. The number of hydrogen-bond acceptors (Lipinski definition) is 6. The van der Waals surface area contributed by atoms with Crippen molar-refractivity contribution in [1.82, 2.24) is 14.8 Å². The molecule has 6 rings (SSSR count). The average molecular weight is 492 g/mol. The fraction of sp³-hybridized carbons (Fsp3) is 0.133. The first-order valence-electron chi connectivity index (χ1n) is 12.0. The second kappa shape index (κ2) is 10.1. The highest BCUT2D eigenvalue weighted by Gasteiger charge is 2.21. The van der Waals surface area contributed by atoms with E-state index in [0.29, 0.717) is 25.0 Å². The molecule has 0 saturated carbocycles. The van der Waals surface area contributed by atoms with E-state index in [4.69, 9.17) is 29.0 Å². The summed E-state index contributed by atoms with van der Waals surface area (Å²) >= 11 is 0. The molecule has 7 nitrogen and oxygen atoms in total. The van der Waals surface area contributed by atoms with Crippen molar-refractivity contribution in [2.24, 2.45) is 7.05 Å². The van der Waals surface area contributed by atoms with Gasteiger partial charge in [-0.3, -0.25) is 4.68 Å². The summed E-state index contributed by atoms with van der Waals surface area (Å²) in [6.07, 6.45) is 2.65. The van der Waals surface area contributed by atoms with E-state index in [9.17, 15) is 0 Å². The lowest BCUT2D eigenvalue weighted by Gasteiger charge is -2.13. The molecule has 184 valence electrons. The third-order valence-corrected chi connectivity index (χ3v) is 6.15. The van der Waals surface area contributed by atoms with Crippen molar-refractivity contribution in [2.75, 3.05) is 0 Å². The lowest BCUT2D eigenvalue weighted by Crippen LogP contribution is -2.02. The Kier molecular flexibility index (Phi) is 6.17. The molecular formula is C30H25N3O4. The summed E-state index contributed by atoms with van der Waals surface area (Å²) in [7, 11) is 1.92. The van der Waals surface area contributed by atoms with E-state index < -0.39 is 6.29 Å². The minimum atomic E-state index is -0.449. The van der Waals surface area contributed by atoms with E-state index in [2.05, 4.69) is 0 Å². The highest BCUT2D eigenvalue weighted by molar-refractivity contribution is 5.94. The van der Waals surface area contributed by atoms with Gasteiger partial charge in [-0.15, -0.1) is 0 Å². The summed E-state index contributed by atoms with van der Waals surface area (Å²) in [6.45, 7) is 0.794. The van der Waals surface area contributed by atoms with Crippen molar-refractivity contribution >= 4 is 10.9 Å². The number of aryl methyl sites for hydroxylation is 1. The van der Waals surface area contributed by atoms with Gasteiger partial charge in [0, 0.05) is 24.1 Å². The Balaban J connectivity index is 1.34. The zero-order valence-electron chi connectivity index (χ0n) is 20.3. The van der Waals surface area contributed by atoms with Gasteiger partial charge in [0.2, 0.25) is 11.8 Å². The number of hydrogen-bond donors (Lipinski definition) is 0. The lowest BCUT2D eigenvalue weighted by molar-refractivity contribution is -0.0245. The van der Waals surface area contributed by atoms with Crippen LogP contribution in [-0.4, -0.2) is 14.8 Å². The van der Waals surface area contributed by atoms with Crippen LogP contribution in [0.15, 0.2) is 104 Å². The molecule has 0 N–H and O–H groups in total. The van der Waals surface area contributed by atoms with Crippen LogP contribution in [0.4, 0.5) is 0 Å². The van der Waals surface area contributed by atoms with Gasteiger partial charge in [-0.1, -0.05) is 72.8 Å². The van der Waals surface area contributed by atoms with E-state index in [0.717, 1.165) is 38.9 Å². The van der Waals surface area contributed by atoms with Crippen LogP contribution in [0.25, 0.3) is 22.2 Å². The van der Waals surface area contributed by atoms with Crippen molar-refractivity contribution in [1.29, 1.82) is 0 Å². The van der Waals surface area contributed by atoms with Gasteiger partial charge in [0.05, 0.1) is 11.1 Å². The van der Waals surface area contributed by atoms with Crippen LogP contribution >= 0.6 is 0 Å². The monoisotopic (exact) mass is 491 g/mol. The number of aromatic nitrogens is 3. The zero-order valence-corrected chi connectivity index (χ0v) is 20.3. The summed E-state index contributed by atoms with van der Waals surface area (Å²) in [6, 6.07) is 29.9. The topological polar surface area (TPSA) is 67.6 Å². The maximum atomic E-state index is 6.24. The van der Waals surface area contributed by atoms with Crippen LogP contribution < -0.4 is 9.47 Å².